The van der Waals surface area contributed by atoms with Gasteiger partial charge in [0.1, 0.15) is 21.5 Å². The average Bonchev–Trinajstić information content (AvgIpc) is 3.00. The van der Waals surface area contributed by atoms with Gasteiger partial charge in [-0.2, -0.15) is 0 Å². The Morgan fingerprint density at radius 2 is 2.15 bits per heavy atom. The molecule has 0 unspecified atom stereocenters. The molecule has 0 spiro atoms. The predicted octanol–water partition coefficient (Wildman–Crippen LogP) is 5.40. The fourth-order valence-electron chi connectivity index (χ4n) is 3.24. The minimum absolute atomic E-state index is 0.181. The van der Waals surface area contributed by atoms with Gasteiger partial charge in [0.15, 0.2) is 0 Å². The van der Waals surface area contributed by atoms with E-state index in [1.165, 1.54) is 53.2 Å². The molecule has 0 saturated carbocycles. The number of hydrogen-bond donors (Lipinski definition) is 1. The number of carbonyl (C=O) groups is 1. The highest BCUT2D eigenvalue weighted by molar-refractivity contribution is 8.00. The van der Waals surface area contributed by atoms with Crippen LogP contribution in [-0.4, -0.2) is 21.6 Å². The van der Waals surface area contributed by atoms with E-state index in [-0.39, 0.29) is 16.7 Å². The van der Waals surface area contributed by atoms with Gasteiger partial charge in [-0.05, 0) is 56.4 Å². The number of benzene rings is 1. The first-order chi connectivity index (χ1) is 13.0. The zero-order valence-electron chi connectivity index (χ0n) is 14.6. The third kappa shape index (κ3) is 3.95. The summed E-state index contributed by atoms with van der Waals surface area (Å²) in [6.07, 6.45) is 4.55. The summed E-state index contributed by atoms with van der Waals surface area (Å²) in [4.78, 5) is 24.0. The van der Waals surface area contributed by atoms with E-state index in [2.05, 4.69) is 15.3 Å². The van der Waals surface area contributed by atoms with Crippen LogP contribution in [0, 0.1) is 12.7 Å². The smallest absolute Gasteiger partial charge is 0.234 e. The van der Waals surface area contributed by atoms with E-state index in [0.717, 1.165) is 28.1 Å². The van der Waals surface area contributed by atoms with Crippen molar-refractivity contribution < 1.29 is 9.18 Å². The van der Waals surface area contributed by atoms with Crippen molar-refractivity contribution in [1.82, 2.24) is 9.97 Å². The summed E-state index contributed by atoms with van der Waals surface area (Å²) in [5, 5.41) is 4.88. The lowest BCUT2D eigenvalue weighted by atomic mass is 9.97. The monoisotopic (exact) mass is 421 g/mol. The molecule has 1 aromatic carbocycles. The predicted molar refractivity (Wildman–Crippen MR) is 110 cm³/mol. The van der Waals surface area contributed by atoms with E-state index in [9.17, 15) is 9.18 Å². The lowest BCUT2D eigenvalue weighted by Gasteiger charge is -2.12. The number of thiophene rings is 1. The molecule has 2 heterocycles. The molecule has 8 heteroatoms. The van der Waals surface area contributed by atoms with Crippen LogP contribution in [0.25, 0.3) is 10.2 Å². The quantitative estimate of drug-likeness (QED) is 0.452. The van der Waals surface area contributed by atoms with Gasteiger partial charge in [0, 0.05) is 10.3 Å². The molecule has 0 saturated heterocycles. The molecular weight excluding hydrogens is 405 g/mol. The Kier molecular flexibility index (Phi) is 5.34. The zero-order valence-corrected chi connectivity index (χ0v) is 17.0. The number of rotatable bonds is 4. The summed E-state index contributed by atoms with van der Waals surface area (Å²) < 4.78 is 13.1. The van der Waals surface area contributed by atoms with Gasteiger partial charge in [-0.15, -0.1) is 11.3 Å². The lowest BCUT2D eigenvalue weighted by Crippen LogP contribution is -2.14. The Morgan fingerprint density at radius 3 is 2.96 bits per heavy atom. The minimum atomic E-state index is -0.437. The summed E-state index contributed by atoms with van der Waals surface area (Å²) in [5.41, 5.74) is 1.76. The van der Waals surface area contributed by atoms with Crippen molar-refractivity contribution in [3.05, 3.63) is 45.3 Å². The minimum Gasteiger partial charge on any atom is -0.324 e. The molecule has 0 aliphatic heterocycles. The number of thioether (sulfide) groups is 1. The van der Waals surface area contributed by atoms with Gasteiger partial charge in [-0.3, -0.25) is 4.79 Å². The van der Waals surface area contributed by atoms with E-state index >= 15 is 0 Å². The molecule has 140 valence electrons. The van der Waals surface area contributed by atoms with Crippen LogP contribution >= 0.6 is 34.7 Å². The van der Waals surface area contributed by atoms with E-state index in [1.54, 1.807) is 11.3 Å². The highest BCUT2D eigenvalue weighted by Gasteiger charge is 2.21. The molecule has 0 bridgehead atoms. The Bertz CT molecular complexity index is 1040. The molecule has 1 aliphatic rings. The highest BCUT2D eigenvalue weighted by Crippen LogP contribution is 2.39. The topological polar surface area (TPSA) is 54.9 Å². The molecule has 3 aromatic rings. The first kappa shape index (κ1) is 18.7. The highest BCUT2D eigenvalue weighted by atomic mass is 35.5. The first-order valence-electron chi connectivity index (χ1n) is 8.68. The lowest BCUT2D eigenvalue weighted by molar-refractivity contribution is -0.113. The van der Waals surface area contributed by atoms with Crippen LogP contribution in [0.2, 0.25) is 5.02 Å². The number of hydrogen-bond acceptors (Lipinski definition) is 5. The molecule has 0 atom stereocenters. The van der Waals surface area contributed by atoms with E-state index in [0.29, 0.717) is 11.5 Å². The van der Waals surface area contributed by atoms with Crippen LogP contribution in [0.5, 0.6) is 0 Å². The molecule has 0 fully saturated rings. The van der Waals surface area contributed by atoms with Gasteiger partial charge in [-0.1, -0.05) is 23.4 Å². The molecule has 27 heavy (non-hydrogen) atoms. The van der Waals surface area contributed by atoms with Crippen LogP contribution < -0.4 is 5.32 Å². The molecule has 2 aromatic heterocycles. The number of fused-ring (bicyclic) bond motifs is 3. The number of anilines is 1. The first-order valence-corrected chi connectivity index (χ1v) is 10.9. The Labute approximate surface area is 169 Å². The summed E-state index contributed by atoms with van der Waals surface area (Å²) >= 11 is 9.13. The van der Waals surface area contributed by atoms with Crippen LogP contribution in [0.1, 0.15) is 29.1 Å². The largest absolute Gasteiger partial charge is 0.324 e. The number of nitrogens with one attached hydrogen (secondary N) is 1. The second kappa shape index (κ2) is 7.73. The van der Waals surface area contributed by atoms with Crippen molar-refractivity contribution in [2.24, 2.45) is 0 Å². The van der Waals surface area contributed by atoms with Crippen molar-refractivity contribution in [3.8, 4) is 0 Å². The standard InChI is InChI=1S/C19H17ClFN3OS2/c1-10-22-18(17-12-4-2-3-5-15(12)27-19(17)23-10)26-9-16(25)24-14-7-6-11(21)8-13(14)20/h6-8H,2-5,9H2,1H3,(H,24,25). The fourth-order valence-corrected chi connectivity index (χ4v) is 5.73. The van der Waals surface area contributed by atoms with Gasteiger partial charge >= 0.3 is 0 Å². The normalized spacial score (nSPS) is 13.6. The van der Waals surface area contributed by atoms with Gasteiger partial charge in [-0.25, -0.2) is 14.4 Å². The van der Waals surface area contributed by atoms with Crippen molar-refractivity contribution in [3.63, 3.8) is 0 Å². The van der Waals surface area contributed by atoms with Crippen LogP contribution in [0.3, 0.4) is 0 Å². The average molecular weight is 422 g/mol. The third-order valence-electron chi connectivity index (χ3n) is 4.44. The number of nitrogens with zero attached hydrogens (tertiary/aromatic N) is 2. The molecule has 4 nitrogen and oxygen atoms in total. The molecule has 1 aliphatic carbocycles. The van der Waals surface area contributed by atoms with Crippen molar-refractivity contribution in [2.45, 2.75) is 37.6 Å². The maximum absolute atomic E-state index is 13.1. The molecular formula is C19H17ClFN3OS2. The number of aryl methyl sites for hydroxylation is 3. The summed E-state index contributed by atoms with van der Waals surface area (Å²) in [5.74, 6) is 0.269. The van der Waals surface area contributed by atoms with Gasteiger partial charge in [0.25, 0.3) is 0 Å². The summed E-state index contributed by atoms with van der Waals surface area (Å²) in [6.45, 7) is 1.88. The van der Waals surface area contributed by atoms with E-state index < -0.39 is 5.82 Å². The Balaban J connectivity index is 1.54. The van der Waals surface area contributed by atoms with Crippen molar-refractivity contribution in [1.29, 1.82) is 0 Å². The van der Waals surface area contributed by atoms with Crippen molar-refractivity contribution in [2.75, 3.05) is 11.1 Å². The summed E-state index contributed by atoms with van der Waals surface area (Å²) in [6, 6.07) is 3.91. The van der Waals surface area contributed by atoms with Gasteiger partial charge < -0.3 is 5.32 Å². The van der Waals surface area contributed by atoms with Crippen molar-refractivity contribution >= 4 is 56.5 Å². The second-order valence-corrected chi connectivity index (χ2v) is 8.88. The SMILES string of the molecule is Cc1nc(SCC(=O)Nc2ccc(F)cc2Cl)c2c3c(sc2n1)CCCC3. The Hall–Kier alpha value is -1.70. The maximum Gasteiger partial charge on any atom is 0.234 e. The molecule has 0 radical (unpaired) electrons. The molecule has 1 amide bonds. The third-order valence-corrected chi connectivity index (χ3v) is 6.91. The fraction of sp³-hybridized carbons (Fsp3) is 0.316. The molecule has 4 rings (SSSR count). The number of aromatic nitrogens is 2. The number of halogens is 2. The number of amides is 1. The zero-order chi connectivity index (χ0) is 19.0. The summed E-state index contributed by atoms with van der Waals surface area (Å²) in [7, 11) is 0. The van der Waals surface area contributed by atoms with Gasteiger partial charge in [0.2, 0.25) is 5.91 Å². The number of carbonyl (C=O) groups excluding carboxylic acids is 1. The maximum atomic E-state index is 13.1. The van der Waals surface area contributed by atoms with E-state index in [1.807, 2.05) is 6.92 Å². The Morgan fingerprint density at radius 1 is 1.33 bits per heavy atom. The van der Waals surface area contributed by atoms with E-state index in [4.69, 9.17) is 11.6 Å². The second-order valence-electron chi connectivity index (χ2n) is 6.43. The van der Waals surface area contributed by atoms with Crippen LogP contribution in [0.15, 0.2) is 23.2 Å². The molecule has 1 N–H and O–H groups in total. The van der Waals surface area contributed by atoms with Gasteiger partial charge in [0.05, 0.1) is 16.5 Å². The van der Waals surface area contributed by atoms with Crippen LogP contribution in [-0.2, 0) is 17.6 Å². The van der Waals surface area contributed by atoms with Crippen LogP contribution in [0.4, 0.5) is 10.1 Å².